The van der Waals surface area contributed by atoms with Crippen LogP contribution < -0.4 is 14.5 Å². The molecule has 2 aliphatic carbocycles. The highest BCUT2D eigenvalue weighted by molar-refractivity contribution is 5.95. The number of ether oxygens (including phenoxy) is 2. The third kappa shape index (κ3) is 5.98. The Hall–Kier alpha value is -2.53. The summed E-state index contributed by atoms with van der Waals surface area (Å²) in [7, 11) is 3.52. The van der Waals surface area contributed by atoms with Crippen molar-refractivity contribution >= 4 is 17.3 Å². The molecule has 1 heterocycles. The zero-order valence-electron chi connectivity index (χ0n) is 23.0. The van der Waals surface area contributed by atoms with Crippen LogP contribution in [0, 0.1) is 18.8 Å². The summed E-state index contributed by atoms with van der Waals surface area (Å²) in [6.07, 6.45) is 10.8. The Morgan fingerprint density at radius 2 is 1.70 bits per heavy atom. The highest BCUT2D eigenvalue weighted by atomic mass is 16.5. The number of rotatable bonds is 8. The molecule has 0 unspecified atom stereocenters. The third-order valence-corrected chi connectivity index (χ3v) is 9.09. The van der Waals surface area contributed by atoms with Crippen molar-refractivity contribution in [3.63, 3.8) is 0 Å². The van der Waals surface area contributed by atoms with Crippen molar-refractivity contribution in [2.75, 3.05) is 43.7 Å². The van der Waals surface area contributed by atoms with Crippen LogP contribution in [0.2, 0.25) is 0 Å². The fourth-order valence-electron chi connectivity index (χ4n) is 6.64. The Morgan fingerprint density at radius 3 is 2.38 bits per heavy atom. The number of hydrogen-bond acceptors (Lipinski definition) is 4. The number of carbonyl (C=O) groups excluding carboxylic acids is 1. The standard InChI is InChI=1S/C32H44N2O3/c1-23-18-27(16-17-31(23)37-3)25-14-12-24(13-15-25)20-34(32(35)26-8-5-4-6-9-26)29-11-7-10-28(19-29)33-21-30(22-33)36-2/h7,10-11,16-19,24-26,30H,4-6,8-9,12-15,20-22H2,1-3H3/t24-,25-. The zero-order chi connectivity index (χ0) is 25.8. The van der Waals surface area contributed by atoms with Gasteiger partial charge in [-0.3, -0.25) is 4.79 Å². The second-order valence-electron chi connectivity index (χ2n) is 11.5. The van der Waals surface area contributed by atoms with Gasteiger partial charge in [0.05, 0.1) is 13.2 Å². The van der Waals surface area contributed by atoms with E-state index in [2.05, 4.69) is 59.2 Å². The van der Waals surface area contributed by atoms with Crippen LogP contribution in [-0.4, -0.2) is 45.9 Å². The van der Waals surface area contributed by atoms with Crippen molar-refractivity contribution in [2.45, 2.75) is 76.7 Å². The molecule has 2 aromatic rings. The Kier molecular flexibility index (Phi) is 8.39. The maximum atomic E-state index is 13.9. The smallest absolute Gasteiger partial charge is 0.230 e. The molecule has 0 spiro atoms. The molecule has 0 aromatic heterocycles. The third-order valence-electron chi connectivity index (χ3n) is 9.09. The molecule has 0 atom stereocenters. The second-order valence-corrected chi connectivity index (χ2v) is 11.5. The predicted molar refractivity (Wildman–Crippen MR) is 151 cm³/mol. The molecule has 3 fully saturated rings. The number of methoxy groups -OCH3 is 2. The van der Waals surface area contributed by atoms with Crippen molar-refractivity contribution in [3.8, 4) is 5.75 Å². The van der Waals surface area contributed by atoms with Crippen molar-refractivity contribution in [1.29, 1.82) is 0 Å². The first-order valence-corrected chi connectivity index (χ1v) is 14.4. The first-order valence-electron chi connectivity index (χ1n) is 14.4. The van der Waals surface area contributed by atoms with Crippen molar-refractivity contribution < 1.29 is 14.3 Å². The van der Waals surface area contributed by atoms with E-state index in [1.54, 1.807) is 14.2 Å². The lowest BCUT2D eigenvalue weighted by Gasteiger charge is -2.40. The van der Waals surface area contributed by atoms with Crippen molar-refractivity contribution in [1.82, 2.24) is 0 Å². The minimum absolute atomic E-state index is 0.179. The molecule has 5 nitrogen and oxygen atoms in total. The molecule has 1 saturated heterocycles. The van der Waals surface area contributed by atoms with Gasteiger partial charge in [-0.2, -0.15) is 0 Å². The molecular weight excluding hydrogens is 460 g/mol. The number of hydrogen-bond donors (Lipinski definition) is 0. The SMILES string of the molecule is COc1ccc([C@H]2CC[C@H](CN(C(=O)C3CCCCC3)c3cccc(N4CC(OC)C4)c3)CC2)cc1C. The van der Waals surface area contributed by atoms with Crippen LogP contribution in [0.3, 0.4) is 0 Å². The second kappa shape index (κ2) is 11.9. The number of anilines is 2. The monoisotopic (exact) mass is 504 g/mol. The topological polar surface area (TPSA) is 42.0 Å². The highest BCUT2D eigenvalue weighted by Gasteiger charge is 2.32. The number of benzene rings is 2. The Balaban J connectivity index is 1.28. The summed E-state index contributed by atoms with van der Waals surface area (Å²) < 4.78 is 10.9. The van der Waals surface area contributed by atoms with Crippen molar-refractivity contribution in [3.05, 3.63) is 53.6 Å². The summed E-state index contributed by atoms with van der Waals surface area (Å²) >= 11 is 0. The van der Waals surface area contributed by atoms with E-state index in [0.717, 1.165) is 43.9 Å². The van der Waals surface area contributed by atoms with Gasteiger partial charge in [-0.05, 0) is 92.7 Å². The first kappa shape index (κ1) is 26.1. The van der Waals surface area contributed by atoms with Gasteiger partial charge in [-0.25, -0.2) is 0 Å². The van der Waals surface area contributed by atoms with Gasteiger partial charge in [0.2, 0.25) is 5.91 Å². The van der Waals surface area contributed by atoms with Crippen molar-refractivity contribution in [2.24, 2.45) is 11.8 Å². The summed E-state index contributed by atoms with van der Waals surface area (Å²) in [5.41, 5.74) is 4.92. The Morgan fingerprint density at radius 1 is 0.946 bits per heavy atom. The molecule has 37 heavy (non-hydrogen) atoms. The maximum absolute atomic E-state index is 13.9. The van der Waals surface area contributed by atoms with Gasteiger partial charge in [0.1, 0.15) is 5.75 Å². The number of carbonyl (C=O) groups is 1. The first-order chi connectivity index (χ1) is 18.1. The van der Waals surface area contributed by atoms with Gasteiger partial charge in [-0.1, -0.05) is 37.5 Å². The summed E-state index contributed by atoms with van der Waals surface area (Å²) in [6.45, 7) is 4.82. The highest BCUT2D eigenvalue weighted by Crippen LogP contribution is 2.39. The van der Waals surface area contributed by atoms with Crippen LogP contribution in [0.25, 0.3) is 0 Å². The fourth-order valence-corrected chi connectivity index (χ4v) is 6.64. The van der Waals surface area contributed by atoms with Gasteiger partial charge >= 0.3 is 0 Å². The quantitative estimate of drug-likeness (QED) is 0.400. The van der Waals surface area contributed by atoms with Gasteiger partial charge in [0.25, 0.3) is 0 Å². The van der Waals surface area contributed by atoms with Crippen LogP contribution in [0.15, 0.2) is 42.5 Å². The van der Waals surface area contributed by atoms with E-state index < -0.39 is 0 Å². The fraction of sp³-hybridized carbons (Fsp3) is 0.594. The Bertz CT molecular complexity index is 1050. The van der Waals surface area contributed by atoms with E-state index in [0.29, 0.717) is 23.8 Å². The molecule has 2 saturated carbocycles. The molecule has 1 aliphatic heterocycles. The zero-order valence-corrected chi connectivity index (χ0v) is 23.0. The number of aryl methyl sites for hydroxylation is 1. The number of amides is 1. The molecule has 5 rings (SSSR count). The predicted octanol–water partition coefficient (Wildman–Crippen LogP) is 6.73. The van der Waals surface area contributed by atoms with Crippen LogP contribution in [0.4, 0.5) is 11.4 Å². The van der Waals surface area contributed by atoms with E-state index in [9.17, 15) is 4.79 Å². The van der Waals surface area contributed by atoms with E-state index in [1.165, 1.54) is 61.8 Å². The van der Waals surface area contributed by atoms with Crippen LogP contribution in [-0.2, 0) is 9.53 Å². The average molecular weight is 505 g/mol. The van der Waals surface area contributed by atoms with Crippen LogP contribution in [0.5, 0.6) is 5.75 Å². The normalized spacial score (nSPS) is 22.9. The summed E-state index contributed by atoms with van der Waals surface area (Å²) in [4.78, 5) is 18.4. The van der Waals surface area contributed by atoms with Crippen LogP contribution in [0.1, 0.15) is 74.8 Å². The molecule has 200 valence electrons. The van der Waals surface area contributed by atoms with Gasteiger partial charge in [-0.15, -0.1) is 0 Å². The van der Waals surface area contributed by atoms with Gasteiger partial charge < -0.3 is 19.3 Å². The molecule has 5 heteroatoms. The number of nitrogens with zero attached hydrogens (tertiary/aromatic N) is 2. The molecule has 2 aromatic carbocycles. The lowest BCUT2D eigenvalue weighted by Crippen LogP contribution is -2.52. The molecule has 1 amide bonds. The summed E-state index contributed by atoms with van der Waals surface area (Å²) in [5, 5.41) is 0. The lowest BCUT2D eigenvalue weighted by molar-refractivity contribution is -0.123. The summed E-state index contributed by atoms with van der Waals surface area (Å²) in [5.74, 6) is 2.65. The minimum Gasteiger partial charge on any atom is -0.496 e. The molecule has 0 N–H and O–H groups in total. The van der Waals surface area contributed by atoms with E-state index >= 15 is 0 Å². The summed E-state index contributed by atoms with van der Waals surface area (Å²) in [6, 6.07) is 15.3. The molecule has 0 radical (unpaired) electrons. The van der Waals surface area contributed by atoms with Gasteiger partial charge in [0, 0.05) is 44.0 Å². The molecule has 0 bridgehead atoms. The van der Waals surface area contributed by atoms with Crippen LogP contribution >= 0.6 is 0 Å². The lowest BCUT2D eigenvalue weighted by atomic mass is 9.78. The van der Waals surface area contributed by atoms with E-state index in [-0.39, 0.29) is 5.92 Å². The van der Waals surface area contributed by atoms with E-state index in [1.807, 2.05) is 0 Å². The van der Waals surface area contributed by atoms with E-state index in [4.69, 9.17) is 9.47 Å². The molecular formula is C32H44N2O3. The minimum atomic E-state index is 0.179. The molecule has 3 aliphatic rings. The van der Waals surface area contributed by atoms with Gasteiger partial charge in [0.15, 0.2) is 0 Å². The largest absolute Gasteiger partial charge is 0.496 e. The Labute approximate surface area is 223 Å². The average Bonchev–Trinajstić information content (AvgIpc) is 2.92. The maximum Gasteiger partial charge on any atom is 0.230 e.